The van der Waals surface area contributed by atoms with E-state index >= 15 is 0 Å². The highest BCUT2D eigenvalue weighted by atomic mass is 19.4. The number of rotatable bonds is 6. The maximum absolute atomic E-state index is 13.9. The molecular weight excluding hydrogens is 477 g/mol. The molecule has 0 bridgehead atoms. The molecule has 2 atom stereocenters. The minimum absolute atomic E-state index is 0.0265. The summed E-state index contributed by atoms with van der Waals surface area (Å²) in [5, 5.41) is 3.37. The molecule has 14 heteroatoms. The molecule has 196 valence electrons. The van der Waals surface area contributed by atoms with E-state index in [2.05, 4.69) is 31.8 Å². The van der Waals surface area contributed by atoms with Crippen LogP contribution in [0.25, 0.3) is 11.4 Å². The quantitative estimate of drug-likeness (QED) is 0.523. The van der Waals surface area contributed by atoms with E-state index in [4.69, 9.17) is 16.2 Å². The van der Waals surface area contributed by atoms with Gasteiger partial charge in [-0.1, -0.05) is 6.58 Å². The molecule has 0 saturated carbocycles. The van der Waals surface area contributed by atoms with Gasteiger partial charge in [-0.25, -0.2) is 19.9 Å². The van der Waals surface area contributed by atoms with Gasteiger partial charge in [0.25, 0.3) is 0 Å². The highest BCUT2D eigenvalue weighted by Crippen LogP contribution is 2.37. The van der Waals surface area contributed by atoms with E-state index in [-0.39, 0.29) is 41.2 Å². The summed E-state index contributed by atoms with van der Waals surface area (Å²) in [6.07, 6.45) is -1.71. The third-order valence-electron chi connectivity index (χ3n) is 5.97. The average Bonchev–Trinajstić information content (AvgIpc) is 2.82. The number of alkyl halides is 3. The standard InChI is InChI=1S/C22H31F3N10O/c1-13-10-34(11-14(2)30-13)15(3)35(12-22(23,24)25)20-17(26)19(33-4-6-36-7-5-33)31-18(32-20)16-8-28-21(27)29-9-16/h8-9,13-14,30H,3-7,10-12,26H2,1-2H3,(H2,27,28,29)/t13-,14+. The highest BCUT2D eigenvalue weighted by molar-refractivity contribution is 5.80. The van der Waals surface area contributed by atoms with Crippen molar-refractivity contribution in [2.75, 3.05) is 67.2 Å². The molecule has 5 N–H and O–H groups in total. The number of aromatic nitrogens is 4. The number of piperazine rings is 1. The topological polar surface area (TPSA) is 135 Å². The first-order valence-electron chi connectivity index (χ1n) is 11.6. The Labute approximate surface area is 207 Å². The summed E-state index contributed by atoms with van der Waals surface area (Å²) < 4.78 is 47.0. The van der Waals surface area contributed by atoms with Gasteiger partial charge in [0.2, 0.25) is 5.95 Å². The molecule has 0 aliphatic carbocycles. The van der Waals surface area contributed by atoms with Crippen LogP contribution in [0.5, 0.6) is 0 Å². The zero-order chi connectivity index (χ0) is 26.0. The largest absolute Gasteiger partial charge is 0.406 e. The van der Waals surface area contributed by atoms with E-state index in [1.54, 1.807) is 0 Å². The third kappa shape index (κ3) is 5.87. The lowest BCUT2D eigenvalue weighted by atomic mass is 10.1. The Hall–Kier alpha value is -3.39. The van der Waals surface area contributed by atoms with Crippen LogP contribution in [0.1, 0.15) is 13.8 Å². The molecule has 0 aromatic carbocycles. The van der Waals surface area contributed by atoms with E-state index in [1.807, 2.05) is 23.6 Å². The first-order valence-corrected chi connectivity index (χ1v) is 11.6. The number of nitrogens with one attached hydrogen (secondary N) is 1. The maximum Gasteiger partial charge on any atom is 0.406 e. The summed E-state index contributed by atoms with van der Waals surface area (Å²) in [6, 6.07) is 0.125. The van der Waals surface area contributed by atoms with Crippen molar-refractivity contribution < 1.29 is 17.9 Å². The number of halogens is 3. The molecule has 4 heterocycles. The lowest BCUT2D eigenvalue weighted by Gasteiger charge is -2.42. The minimum Gasteiger partial charge on any atom is -0.393 e. The fourth-order valence-corrected chi connectivity index (χ4v) is 4.43. The van der Waals surface area contributed by atoms with Gasteiger partial charge in [0.15, 0.2) is 17.5 Å². The fraction of sp³-hybridized carbons (Fsp3) is 0.545. The van der Waals surface area contributed by atoms with Crippen LogP contribution >= 0.6 is 0 Å². The Morgan fingerprint density at radius 3 is 2.33 bits per heavy atom. The number of ether oxygens (including phenoxy) is 1. The average molecular weight is 509 g/mol. The van der Waals surface area contributed by atoms with E-state index in [0.29, 0.717) is 50.8 Å². The Kier molecular flexibility index (Phi) is 7.36. The second-order valence-corrected chi connectivity index (χ2v) is 9.03. The monoisotopic (exact) mass is 508 g/mol. The molecule has 36 heavy (non-hydrogen) atoms. The van der Waals surface area contributed by atoms with Crippen molar-refractivity contribution in [1.29, 1.82) is 0 Å². The summed E-state index contributed by atoms with van der Waals surface area (Å²) in [4.78, 5) is 21.7. The van der Waals surface area contributed by atoms with Gasteiger partial charge in [-0.05, 0) is 13.8 Å². The number of hydrogen-bond donors (Lipinski definition) is 3. The molecule has 2 saturated heterocycles. The van der Waals surface area contributed by atoms with Crippen LogP contribution in [0.2, 0.25) is 0 Å². The summed E-state index contributed by atoms with van der Waals surface area (Å²) in [5.41, 5.74) is 12.5. The van der Waals surface area contributed by atoms with Crippen molar-refractivity contribution in [3.05, 3.63) is 24.8 Å². The van der Waals surface area contributed by atoms with Crippen LogP contribution < -0.4 is 26.6 Å². The van der Waals surface area contributed by atoms with Gasteiger partial charge >= 0.3 is 6.18 Å². The molecule has 0 radical (unpaired) electrons. The number of nitrogen functional groups attached to an aromatic ring is 2. The van der Waals surface area contributed by atoms with Gasteiger partial charge in [-0.2, -0.15) is 13.2 Å². The Balaban J connectivity index is 1.83. The van der Waals surface area contributed by atoms with Crippen LogP contribution in [0.4, 0.5) is 36.4 Å². The molecule has 0 spiro atoms. The second-order valence-electron chi connectivity index (χ2n) is 9.03. The van der Waals surface area contributed by atoms with Crippen LogP contribution in [-0.4, -0.2) is 89.0 Å². The Morgan fingerprint density at radius 1 is 1.14 bits per heavy atom. The van der Waals surface area contributed by atoms with Gasteiger partial charge in [-0.3, -0.25) is 0 Å². The molecule has 11 nitrogen and oxygen atoms in total. The van der Waals surface area contributed by atoms with Gasteiger partial charge < -0.3 is 36.2 Å². The number of nitrogens with two attached hydrogens (primary N) is 2. The number of nitrogens with zero attached hydrogens (tertiary/aromatic N) is 7. The molecule has 2 aliphatic heterocycles. The summed E-state index contributed by atoms with van der Waals surface area (Å²) >= 11 is 0. The third-order valence-corrected chi connectivity index (χ3v) is 5.97. The van der Waals surface area contributed by atoms with Crippen molar-refractivity contribution in [1.82, 2.24) is 30.2 Å². The number of anilines is 4. The lowest BCUT2D eigenvalue weighted by Crippen LogP contribution is -2.56. The highest BCUT2D eigenvalue weighted by Gasteiger charge is 2.37. The van der Waals surface area contributed by atoms with Gasteiger partial charge in [0, 0.05) is 50.7 Å². The molecule has 4 rings (SSSR count). The predicted molar refractivity (Wildman–Crippen MR) is 131 cm³/mol. The van der Waals surface area contributed by atoms with Gasteiger partial charge in [0.1, 0.15) is 18.1 Å². The van der Waals surface area contributed by atoms with Crippen molar-refractivity contribution in [3.63, 3.8) is 0 Å². The van der Waals surface area contributed by atoms with E-state index in [9.17, 15) is 13.2 Å². The lowest BCUT2D eigenvalue weighted by molar-refractivity contribution is -0.119. The summed E-state index contributed by atoms with van der Waals surface area (Å²) in [6.45, 7) is 9.46. The normalized spacial score (nSPS) is 20.9. The van der Waals surface area contributed by atoms with Crippen molar-refractivity contribution in [3.8, 4) is 11.4 Å². The Bertz CT molecular complexity index is 1060. The van der Waals surface area contributed by atoms with E-state index < -0.39 is 12.7 Å². The van der Waals surface area contributed by atoms with E-state index in [1.165, 1.54) is 12.4 Å². The SMILES string of the molecule is C=C(N1C[C@@H](C)N[C@@H](C)C1)N(CC(F)(F)F)c1nc(-c2cnc(N)nc2)nc(N2CCOCC2)c1N. The zero-order valence-electron chi connectivity index (χ0n) is 20.3. The molecule has 2 fully saturated rings. The Morgan fingerprint density at radius 2 is 1.75 bits per heavy atom. The van der Waals surface area contributed by atoms with Crippen LogP contribution in [-0.2, 0) is 4.74 Å². The van der Waals surface area contributed by atoms with Crippen molar-refractivity contribution in [2.45, 2.75) is 32.1 Å². The van der Waals surface area contributed by atoms with Crippen LogP contribution in [0, 0.1) is 0 Å². The molecule has 0 unspecified atom stereocenters. The number of hydrogen-bond acceptors (Lipinski definition) is 11. The molecule has 2 aromatic heterocycles. The first-order chi connectivity index (χ1) is 17.0. The van der Waals surface area contributed by atoms with Crippen LogP contribution in [0.3, 0.4) is 0 Å². The van der Waals surface area contributed by atoms with E-state index in [0.717, 1.165) is 4.90 Å². The summed E-state index contributed by atoms with van der Waals surface area (Å²) in [7, 11) is 0. The smallest absolute Gasteiger partial charge is 0.393 e. The van der Waals surface area contributed by atoms with Crippen LogP contribution in [0.15, 0.2) is 24.8 Å². The fourth-order valence-electron chi connectivity index (χ4n) is 4.43. The minimum atomic E-state index is -4.55. The molecule has 2 aromatic rings. The number of morpholine rings is 1. The zero-order valence-corrected chi connectivity index (χ0v) is 20.3. The second kappa shape index (κ2) is 10.3. The predicted octanol–water partition coefficient (Wildman–Crippen LogP) is 1.46. The van der Waals surface area contributed by atoms with Gasteiger partial charge in [0.05, 0.1) is 18.8 Å². The van der Waals surface area contributed by atoms with Crippen molar-refractivity contribution >= 4 is 23.3 Å². The van der Waals surface area contributed by atoms with Gasteiger partial charge in [-0.15, -0.1) is 0 Å². The molecule has 2 aliphatic rings. The summed E-state index contributed by atoms with van der Waals surface area (Å²) in [5.74, 6) is 0.571. The first kappa shape index (κ1) is 25.7. The maximum atomic E-state index is 13.9. The molecule has 0 amide bonds. The molecular formula is C22H31F3N10O. The van der Waals surface area contributed by atoms with Crippen molar-refractivity contribution in [2.24, 2.45) is 0 Å².